The van der Waals surface area contributed by atoms with Gasteiger partial charge in [-0.3, -0.25) is 0 Å². The smallest absolute Gasteiger partial charge is 0.407 e. The van der Waals surface area contributed by atoms with Crippen LogP contribution >= 0.6 is 0 Å². The van der Waals surface area contributed by atoms with E-state index in [-0.39, 0.29) is 5.92 Å². The van der Waals surface area contributed by atoms with Crippen LogP contribution in [0.2, 0.25) is 0 Å². The minimum atomic E-state index is -0.413. The van der Waals surface area contributed by atoms with Gasteiger partial charge < -0.3 is 48.9 Å². The summed E-state index contributed by atoms with van der Waals surface area (Å²) < 4.78 is 44.2. The third-order valence-corrected chi connectivity index (χ3v) is 7.34. The van der Waals surface area contributed by atoms with Crippen LogP contribution in [0.4, 0.5) is 10.5 Å². The fourth-order valence-corrected chi connectivity index (χ4v) is 5.04. The van der Waals surface area contributed by atoms with Crippen LogP contribution in [0, 0.1) is 0 Å². The maximum absolute atomic E-state index is 12.2. The largest absolute Gasteiger partial charge is 0.489 e. The first-order valence-corrected chi connectivity index (χ1v) is 16.3. The third-order valence-electron chi connectivity index (χ3n) is 7.34. The first kappa shape index (κ1) is 36.1. The summed E-state index contributed by atoms with van der Waals surface area (Å²) in [4.78, 5) is 12.2. The molecule has 0 unspecified atom stereocenters. The lowest BCUT2D eigenvalue weighted by molar-refractivity contribution is -0.0178. The Labute approximate surface area is 277 Å². The zero-order chi connectivity index (χ0) is 32.8. The van der Waals surface area contributed by atoms with Gasteiger partial charge in [-0.15, -0.1) is 0 Å². The van der Waals surface area contributed by atoms with Gasteiger partial charge in [-0.25, -0.2) is 4.79 Å². The highest BCUT2D eigenvalue weighted by Gasteiger charge is 2.28. The molecule has 11 nitrogen and oxygen atoms in total. The van der Waals surface area contributed by atoms with Crippen molar-refractivity contribution in [1.29, 1.82) is 0 Å². The van der Waals surface area contributed by atoms with Crippen molar-refractivity contribution in [2.45, 2.75) is 12.3 Å². The van der Waals surface area contributed by atoms with Crippen LogP contribution < -0.4 is 15.8 Å². The number of carbonyl (C=O) groups excluding carboxylic acids is 1. The highest BCUT2D eigenvalue weighted by atomic mass is 16.6. The summed E-state index contributed by atoms with van der Waals surface area (Å²) in [7, 11) is 0. The highest BCUT2D eigenvalue weighted by molar-refractivity contribution is 5.79. The topological polar surface area (TPSA) is 129 Å². The molecule has 0 atom stereocenters. The molecule has 4 rings (SSSR count). The van der Waals surface area contributed by atoms with E-state index in [0.717, 1.165) is 0 Å². The molecule has 0 saturated carbocycles. The van der Waals surface area contributed by atoms with Crippen molar-refractivity contribution in [1.82, 2.24) is 5.32 Å². The van der Waals surface area contributed by atoms with E-state index in [1.165, 1.54) is 22.3 Å². The quantitative estimate of drug-likeness (QED) is 0.0984. The predicted octanol–water partition coefficient (Wildman–Crippen LogP) is 4.68. The number of fused-ring (bicyclic) bond motifs is 3. The number of alkyl carbamates (subject to hydrolysis) is 1. The van der Waals surface area contributed by atoms with Crippen LogP contribution in [0.5, 0.6) is 5.75 Å². The second kappa shape index (κ2) is 22.0. The summed E-state index contributed by atoms with van der Waals surface area (Å²) in [6.45, 7) is 7.11. The molecule has 0 aromatic heterocycles. The minimum absolute atomic E-state index is 0.0526. The van der Waals surface area contributed by atoms with Gasteiger partial charge in [-0.05, 0) is 40.8 Å². The van der Waals surface area contributed by atoms with E-state index >= 15 is 0 Å². The van der Waals surface area contributed by atoms with E-state index in [0.29, 0.717) is 117 Å². The number of rotatable bonds is 25. The van der Waals surface area contributed by atoms with Crippen molar-refractivity contribution < 1.29 is 42.7 Å². The van der Waals surface area contributed by atoms with Gasteiger partial charge in [0.25, 0.3) is 0 Å². The van der Waals surface area contributed by atoms with Crippen molar-refractivity contribution in [3.05, 3.63) is 83.9 Å². The fraction of sp³-hybridized carbons (Fsp3) is 0.472. The number of nitrogens with two attached hydrogens (primary N) is 1. The molecule has 1 aliphatic carbocycles. The third kappa shape index (κ3) is 13.1. The molecule has 0 bridgehead atoms. The molecule has 1 amide bonds. The van der Waals surface area contributed by atoms with Crippen LogP contribution in [-0.2, 0) is 33.2 Å². The molecule has 0 fully saturated rings. The van der Waals surface area contributed by atoms with Gasteiger partial charge in [0.05, 0.1) is 78.4 Å². The standard InChI is InChI=1S/C36H48N2O9/c37-34-12-5-6-13-35(34)46-27-26-45-25-24-44-23-22-43-21-20-42-19-18-41-17-16-40-15-7-14-38-36(39)47-28-33-31-10-3-1-8-29(31)30-9-2-4-11-32(30)33/h1-6,8-13,33H,7,14-28,37H2,(H,38,39). The first-order valence-electron chi connectivity index (χ1n) is 16.3. The first-order chi connectivity index (χ1) is 23.2. The van der Waals surface area contributed by atoms with Crippen LogP contribution in [0.15, 0.2) is 72.8 Å². The van der Waals surface area contributed by atoms with E-state index in [4.69, 9.17) is 43.6 Å². The monoisotopic (exact) mass is 652 g/mol. The Kier molecular flexibility index (Phi) is 16.9. The lowest BCUT2D eigenvalue weighted by atomic mass is 9.98. The summed E-state index contributed by atoms with van der Waals surface area (Å²) in [5.41, 5.74) is 11.3. The van der Waals surface area contributed by atoms with E-state index < -0.39 is 6.09 Å². The molecule has 0 heterocycles. The molecule has 47 heavy (non-hydrogen) atoms. The molecular formula is C36H48N2O9. The lowest BCUT2D eigenvalue weighted by Gasteiger charge is -2.14. The summed E-state index contributed by atoms with van der Waals surface area (Å²) in [5, 5.41) is 2.80. The maximum atomic E-state index is 12.2. The summed E-state index contributed by atoms with van der Waals surface area (Å²) in [5.74, 6) is 0.718. The molecule has 11 heteroatoms. The fourth-order valence-electron chi connectivity index (χ4n) is 5.04. The van der Waals surface area contributed by atoms with E-state index in [2.05, 4.69) is 29.6 Å². The minimum Gasteiger partial charge on any atom is -0.489 e. The number of nitrogen functional groups attached to an aromatic ring is 1. The van der Waals surface area contributed by atoms with Gasteiger partial charge in [-0.1, -0.05) is 60.7 Å². The number of anilines is 1. The van der Waals surface area contributed by atoms with Gasteiger partial charge >= 0.3 is 6.09 Å². The number of amides is 1. The van der Waals surface area contributed by atoms with E-state index in [1.54, 1.807) is 6.07 Å². The number of carbonyl (C=O) groups is 1. The molecular weight excluding hydrogens is 604 g/mol. The number of hydrogen-bond acceptors (Lipinski definition) is 10. The molecule has 0 spiro atoms. The SMILES string of the molecule is Nc1ccccc1OCCOCCOCCOCCOCCOCCOCCCNC(=O)OCC1c2ccccc2-c2ccccc21. The van der Waals surface area contributed by atoms with Crippen LogP contribution in [0.1, 0.15) is 23.5 Å². The van der Waals surface area contributed by atoms with Gasteiger partial charge in [-0.2, -0.15) is 0 Å². The molecule has 3 aromatic carbocycles. The Bertz CT molecular complexity index is 1260. The molecule has 256 valence electrons. The Balaban J connectivity index is 0.849. The van der Waals surface area contributed by atoms with E-state index in [9.17, 15) is 4.79 Å². The zero-order valence-corrected chi connectivity index (χ0v) is 27.1. The van der Waals surface area contributed by atoms with Gasteiger partial charge in [0.1, 0.15) is 19.0 Å². The Morgan fingerprint density at radius 2 is 1.02 bits per heavy atom. The average Bonchev–Trinajstić information content (AvgIpc) is 3.42. The van der Waals surface area contributed by atoms with Gasteiger partial charge in [0.15, 0.2) is 0 Å². The summed E-state index contributed by atoms with van der Waals surface area (Å²) in [6, 6.07) is 23.9. The normalized spacial score (nSPS) is 12.1. The van der Waals surface area contributed by atoms with Crippen LogP contribution in [0.25, 0.3) is 11.1 Å². The van der Waals surface area contributed by atoms with Crippen LogP contribution in [-0.4, -0.2) is 105 Å². The Morgan fingerprint density at radius 1 is 0.574 bits per heavy atom. The molecule has 3 aromatic rings. The molecule has 0 aliphatic heterocycles. The van der Waals surface area contributed by atoms with Crippen molar-refractivity contribution in [2.75, 3.05) is 105 Å². The predicted molar refractivity (Wildman–Crippen MR) is 179 cm³/mol. The summed E-state index contributed by atoms with van der Waals surface area (Å²) in [6.07, 6.45) is 0.274. The second-order valence-corrected chi connectivity index (χ2v) is 10.7. The zero-order valence-electron chi connectivity index (χ0n) is 27.1. The number of hydrogen-bond donors (Lipinski definition) is 2. The average molecular weight is 653 g/mol. The van der Waals surface area contributed by atoms with Crippen LogP contribution in [0.3, 0.4) is 0 Å². The highest BCUT2D eigenvalue weighted by Crippen LogP contribution is 2.44. The summed E-state index contributed by atoms with van der Waals surface area (Å²) >= 11 is 0. The van der Waals surface area contributed by atoms with E-state index in [1.807, 2.05) is 42.5 Å². The molecule has 3 N–H and O–H groups in total. The van der Waals surface area contributed by atoms with Crippen molar-refractivity contribution in [3.8, 4) is 16.9 Å². The van der Waals surface area contributed by atoms with Gasteiger partial charge in [0, 0.05) is 19.1 Å². The number of para-hydroxylation sites is 2. The second-order valence-electron chi connectivity index (χ2n) is 10.7. The number of benzene rings is 3. The lowest BCUT2D eigenvalue weighted by Crippen LogP contribution is -2.27. The van der Waals surface area contributed by atoms with Gasteiger partial charge in [0.2, 0.25) is 0 Å². The molecule has 0 radical (unpaired) electrons. The molecule has 1 aliphatic rings. The van der Waals surface area contributed by atoms with Crippen molar-refractivity contribution in [3.63, 3.8) is 0 Å². The Hall–Kier alpha value is -3.71. The number of nitrogens with one attached hydrogen (secondary N) is 1. The van der Waals surface area contributed by atoms with Crippen molar-refractivity contribution >= 4 is 11.8 Å². The number of ether oxygens (including phenoxy) is 8. The maximum Gasteiger partial charge on any atom is 0.407 e. The Morgan fingerprint density at radius 3 is 1.55 bits per heavy atom. The molecule has 0 saturated heterocycles. The van der Waals surface area contributed by atoms with Crippen molar-refractivity contribution in [2.24, 2.45) is 0 Å².